The van der Waals surface area contributed by atoms with Crippen LogP contribution in [-0.4, -0.2) is 23.6 Å². The van der Waals surface area contributed by atoms with Crippen molar-refractivity contribution < 1.29 is 14.3 Å². The van der Waals surface area contributed by atoms with E-state index in [0.717, 1.165) is 15.1 Å². The van der Waals surface area contributed by atoms with Crippen molar-refractivity contribution in [2.45, 2.75) is 32.7 Å². The van der Waals surface area contributed by atoms with E-state index in [2.05, 4.69) is 31.0 Å². The highest BCUT2D eigenvalue weighted by Gasteiger charge is 2.11. The number of benzene rings is 1. The molecule has 2 aromatic heterocycles. The first-order valence-electron chi connectivity index (χ1n) is 8.98. The second kappa shape index (κ2) is 9.12. The van der Waals surface area contributed by atoms with Crippen LogP contribution in [0, 0.1) is 0 Å². The molecule has 0 spiro atoms. The number of hydrogen-bond donors (Lipinski definition) is 0. The van der Waals surface area contributed by atoms with Gasteiger partial charge in [-0.25, -0.2) is 0 Å². The van der Waals surface area contributed by atoms with Gasteiger partial charge in [0.05, 0.1) is 23.7 Å². The maximum Gasteiger partial charge on any atom is 0.307 e. The Morgan fingerprint density at radius 1 is 1.29 bits per heavy atom. The van der Waals surface area contributed by atoms with E-state index >= 15 is 0 Å². The molecule has 1 aromatic carbocycles. The summed E-state index contributed by atoms with van der Waals surface area (Å²) in [6.07, 6.45) is 3.46. The minimum Gasteiger partial charge on any atom is -0.469 e. The van der Waals surface area contributed by atoms with Gasteiger partial charge in [-0.3, -0.25) is 9.59 Å². The zero-order chi connectivity index (χ0) is 20.1. The molecule has 3 rings (SSSR count). The molecular formula is C21H22N2O3S2. The molecule has 0 atom stereocenters. The Morgan fingerprint density at radius 3 is 2.79 bits per heavy atom. The smallest absolute Gasteiger partial charge is 0.307 e. The predicted octanol–water partition coefficient (Wildman–Crippen LogP) is 4.59. The number of aromatic nitrogens is 1. The summed E-state index contributed by atoms with van der Waals surface area (Å²) >= 11 is 3.02. The lowest BCUT2D eigenvalue weighted by atomic mass is 10.0. The third-order valence-electron chi connectivity index (χ3n) is 4.28. The Balaban J connectivity index is 2.00. The maximum atomic E-state index is 12.4. The highest BCUT2D eigenvalue weighted by molar-refractivity contribution is 7.16. The molecule has 5 nitrogen and oxygen atoms in total. The zero-order valence-electron chi connectivity index (χ0n) is 16.0. The van der Waals surface area contributed by atoms with Crippen LogP contribution in [0.1, 0.15) is 36.6 Å². The minimum atomic E-state index is -0.323. The number of fused-ring (bicyclic) bond motifs is 1. The molecule has 28 heavy (non-hydrogen) atoms. The topological polar surface area (TPSA) is 60.7 Å². The lowest BCUT2D eigenvalue weighted by Crippen LogP contribution is -2.18. The van der Waals surface area contributed by atoms with E-state index in [9.17, 15) is 9.59 Å². The molecule has 0 fully saturated rings. The van der Waals surface area contributed by atoms with Gasteiger partial charge in [-0.2, -0.15) is 4.99 Å². The normalized spacial score (nSPS) is 12.4. The van der Waals surface area contributed by atoms with Crippen molar-refractivity contribution >= 4 is 50.8 Å². The van der Waals surface area contributed by atoms with E-state index in [4.69, 9.17) is 4.74 Å². The standard InChI is InChI=1S/C21H22N2O3S2/c1-14(2)15-6-8-17-18(13-15)28-21(23(17)11-10-20(25)26-3)22-19(24)9-7-16-5-4-12-27-16/h4-9,12-14H,10-11H2,1-3H3/b9-7+,22-21?. The fourth-order valence-corrected chi connectivity index (χ4v) is 4.45. The van der Waals surface area contributed by atoms with Crippen LogP contribution >= 0.6 is 22.7 Å². The average molecular weight is 415 g/mol. The highest BCUT2D eigenvalue weighted by Crippen LogP contribution is 2.24. The first-order valence-corrected chi connectivity index (χ1v) is 10.7. The molecule has 1 amide bonds. The average Bonchev–Trinajstić information content (AvgIpc) is 3.31. The summed E-state index contributed by atoms with van der Waals surface area (Å²) in [6.45, 7) is 4.70. The molecule has 3 aromatic rings. The quantitative estimate of drug-likeness (QED) is 0.438. The van der Waals surface area contributed by atoms with E-state index in [0.29, 0.717) is 17.3 Å². The van der Waals surface area contributed by atoms with Crippen LogP contribution in [-0.2, 0) is 20.9 Å². The van der Waals surface area contributed by atoms with Gasteiger partial charge in [0.2, 0.25) is 0 Å². The van der Waals surface area contributed by atoms with Crippen LogP contribution < -0.4 is 4.80 Å². The molecule has 0 saturated heterocycles. The van der Waals surface area contributed by atoms with Crippen LogP contribution in [0.15, 0.2) is 46.8 Å². The third kappa shape index (κ3) is 4.85. The molecule has 0 aliphatic carbocycles. The van der Waals surface area contributed by atoms with Gasteiger partial charge in [0, 0.05) is 17.5 Å². The second-order valence-electron chi connectivity index (χ2n) is 6.54. The Morgan fingerprint density at radius 2 is 2.11 bits per heavy atom. The number of carbonyl (C=O) groups is 2. The molecular weight excluding hydrogens is 392 g/mol. The summed E-state index contributed by atoms with van der Waals surface area (Å²) < 4.78 is 7.72. The predicted molar refractivity (Wildman–Crippen MR) is 114 cm³/mol. The van der Waals surface area contributed by atoms with Crippen LogP contribution in [0.25, 0.3) is 16.3 Å². The Kier molecular flexibility index (Phi) is 6.59. The van der Waals surface area contributed by atoms with E-state index in [1.54, 1.807) is 17.4 Å². The number of thiazole rings is 1. The third-order valence-corrected chi connectivity index (χ3v) is 6.16. The Labute approximate surface area is 171 Å². The van der Waals surface area contributed by atoms with Gasteiger partial charge in [-0.05, 0) is 41.1 Å². The molecule has 0 unspecified atom stereocenters. The molecule has 0 saturated carbocycles. The Bertz CT molecular complexity index is 1070. The van der Waals surface area contributed by atoms with Gasteiger partial charge in [0.25, 0.3) is 5.91 Å². The minimum absolute atomic E-state index is 0.223. The lowest BCUT2D eigenvalue weighted by Gasteiger charge is -2.07. The van der Waals surface area contributed by atoms with Crippen molar-refractivity contribution in [2.24, 2.45) is 4.99 Å². The molecule has 0 radical (unpaired) electrons. The Hall–Kier alpha value is -2.51. The SMILES string of the molecule is COC(=O)CCn1c(=NC(=O)/C=C/c2cccs2)sc2cc(C(C)C)ccc21. The van der Waals surface area contributed by atoms with E-state index in [1.807, 2.05) is 28.1 Å². The number of thiophene rings is 1. The number of esters is 1. The molecule has 0 aliphatic heterocycles. The molecule has 146 valence electrons. The van der Waals surface area contributed by atoms with Crippen molar-refractivity contribution in [3.63, 3.8) is 0 Å². The summed E-state index contributed by atoms with van der Waals surface area (Å²) in [6, 6.07) is 10.1. The van der Waals surface area contributed by atoms with Crippen LogP contribution in [0.5, 0.6) is 0 Å². The van der Waals surface area contributed by atoms with Crippen LogP contribution in [0.4, 0.5) is 0 Å². The van der Waals surface area contributed by atoms with Gasteiger partial charge >= 0.3 is 5.97 Å². The van der Waals surface area contributed by atoms with Gasteiger partial charge in [0.1, 0.15) is 0 Å². The lowest BCUT2D eigenvalue weighted by molar-refractivity contribution is -0.140. The number of hydrogen-bond acceptors (Lipinski definition) is 5. The highest BCUT2D eigenvalue weighted by atomic mass is 32.1. The molecule has 2 heterocycles. The van der Waals surface area contributed by atoms with E-state index < -0.39 is 0 Å². The monoisotopic (exact) mass is 414 g/mol. The number of nitrogens with zero attached hydrogens (tertiary/aromatic N) is 2. The number of amides is 1. The number of ether oxygens (including phenoxy) is 1. The molecule has 0 bridgehead atoms. The first-order chi connectivity index (χ1) is 13.5. The fraction of sp³-hybridized carbons (Fsp3) is 0.286. The van der Waals surface area contributed by atoms with Crippen molar-refractivity contribution in [3.05, 3.63) is 57.0 Å². The summed E-state index contributed by atoms with van der Waals surface area (Å²) in [5.41, 5.74) is 2.19. The first kappa shape index (κ1) is 20.2. The number of aryl methyl sites for hydroxylation is 1. The maximum absolute atomic E-state index is 12.4. The zero-order valence-corrected chi connectivity index (χ0v) is 17.7. The largest absolute Gasteiger partial charge is 0.469 e. The second-order valence-corrected chi connectivity index (χ2v) is 8.53. The summed E-state index contributed by atoms with van der Waals surface area (Å²) in [4.78, 5) is 29.8. The van der Waals surface area contributed by atoms with Gasteiger partial charge in [0.15, 0.2) is 4.80 Å². The molecule has 0 aliphatic rings. The van der Waals surface area contributed by atoms with Gasteiger partial charge in [-0.1, -0.05) is 37.3 Å². The van der Waals surface area contributed by atoms with Crippen LogP contribution in [0.3, 0.4) is 0 Å². The van der Waals surface area contributed by atoms with E-state index in [-0.39, 0.29) is 18.3 Å². The summed E-state index contributed by atoms with van der Waals surface area (Å²) in [7, 11) is 1.37. The van der Waals surface area contributed by atoms with Crippen molar-refractivity contribution in [1.82, 2.24) is 4.57 Å². The number of methoxy groups -OCH3 is 1. The van der Waals surface area contributed by atoms with Gasteiger partial charge < -0.3 is 9.30 Å². The van der Waals surface area contributed by atoms with Crippen molar-refractivity contribution in [3.8, 4) is 0 Å². The summed E-state index contributed by atoms with van der Waals surface area (Å²) in [5.74, 6) is -0.206. The number of carbonyl (C=O) groups excluding carboxylic acids is 2. The molecule has 0 N–H and O–H groups in total. The van der Waals surface area contributed by atoms with Gasteiger partial charge in [-0.15, -0.1) is 11.3 Å². The molecule has 7 heteroatoms. The van der Waals surface area contributed by atoms with E-state index in [1.165, 1.54) is 30.1 Å². The van der Waals surface area contributed by atoms with Crippen molar-refractivity contribution in [2.75, 3.05) is 7.11 Å². The fourth-order valence-electron chi connectivity index (χ4n) is 2.73. The van der Waals surface area contributed by atoms with Crippen LogP contribution in [0.2, 0.25) is 0 Å². The number of rotatable bonds is 6. The summed E-state index contributed by atoms with van der Waals surface area (Å²) in [5, 5.41) is 1.96. The van der Waals surface area contributed by atoms with Crippen molar-refractivity contribution in [1.29, 1.82) is 0 Å².